The molecular weight excluding hydrogens is 533 g/mol. The molecule has 0 fully saturated rings. The van der Waals surface area contributed by atoms with E-state index in [1.165, 1.54) is 18.2 Å². The number of aliphatic hydroxyl groups excluding tert-OH is 1. The smallest absolute Gasteiger partial charge is 0.390 e. The van der Waals surface area contributed by atoms with Crippen LogP contribution in [0.3, 0.4) is 0 Å². The van der Waals surface area contributed by atoms with Crippen LogP contribution >= 0.6 is 0 Å². The van der Waals surface area contributed by atoms with Crippen LogP contribution < -0.4 is 0 Å². The summed E-state index contributed by atoms with van der Waals surface area (Å²) in [5.41, 5.74) is -6.35. The fraction of sp³-hybridized carbons (Fsp3) is 0.217. The summed E-state index contributed by atoms with van der Waals surface area (Å²) in [6.45, 7) is -3.21. The van der Waals surface area contributed by atoms with Gasteiger partial charge in [-0.15, -0.1) is 0 Å². The van der Waals surface area contributed by atoms with Crippen molar-refractivity contribution in [1.82, 2.24) is 9.97 Å². The molecule has 4 aromatic rings. The first-order valence-corrected chi connectivity index (χ1v) is 11.6. The molecular formula is C23H17F7N2O4S. The molecule has 0 bridgehead atoms. The van der Waals surface area contributed by atoms with Crippen molar-refractivity contribution < 1.29 is 48.4 Å². The van der Waals surface area contributed by atoms with E-state index in [1.54, 1.807) is 42.5 Å². The summed E-state index contributed by atoms with van der Waals surface area (Å²) in [5.74, 6) is -7.27. The largest absolute Gasteiger partial charge is 0.523 e. The van der Waals surface area contributed by atoms with Gasteiger partial charge in [-0.25, -0.2) is 9.97 Å². The van der Waals surface area contributed by atoms with Crippen LogP contribution in [-0.2, 0) is 26.1 Å². The van der Waals surface area contributed by atoms with Crippen LogP contribution in [0.15, 0.2) is 72.8 Å². The predicted molar refractivity (Wildman–Crippen MR) is 119 cm³/mol. The molecule has 2 heterocycles. The Labute approximate surface area is 205 Å². The molecule has 198 valence electrons. The molecule has 0 unspecified atom stereocenters. The summed E-state index contributed by atoms with van der Waals surface area (Å²) in [6.07, 6.45) is 0. The van der Waals surface area contributed by atoms with Crippen molar-refractivity contribution in [2.75, 3.05) is 13.2 Å². The lowest BCUT2D eigenvalue weighted by atomic mass is 10.1. The highest BCUT2D eigenvalue weighted by Gasteiger charge is 2.49. The van der Waals surface area contributed by atoms with Crippen LogP contribution in [-0.4, -0.2) is 42.2 Å². The first-order valence-electron chi connectivity index (χ1n) is 10.2. The number of rotatable bonds is 6. The van der Waals surface area contributed by atoms with Crippen molar-refractivity contribution in [1.29, 1.82) is 0 Å². The van der Waals surface area contributed by atoms with Crippen molar-refractivity contribution in [3.8, 4) is 0 Å². The van der Waals surface area contributed by atoms with E-state index < -0.39 is 52.1 Å². The number of alkyl halides is 7. The third kappa shape index (κ3) is 6.70. The normalized spacial score (nSPS) is 12.9. The fourth-order valence-corrected chi connectivity index (χ4v) is 3.35. The maximum absolute atomic E-state index is 13.8. The first kappa shape index (κ1) is 28.2. The minimum absolute atomic E-state index is 0.193. The Morgan fingerprint density at radius 1 is 0.676 bits per heavy atom. The average Bonchev–Trinajstić information content (AvgIpc) is 2.86. The quantitative estimate of drug-likeness (QED) is 0.194. The Morgan fingerprint density at radius 2 is 1.11 bits per heavy atom. The molecule has 2 aromatic carbocycles. The van der Waals surface area contributed by atoms with E-state index in [2.05, 4.69) is 14.2 Å². The zero-order valence-electron chi connectivity index (χ0n) is 18.5. The van der Waals surface area contributed by atoms with Crippen LogP contribution in [0.1, 0.15) is 11.4 Å². The van der Waals surface area contributed by atoms with Crippen LogP contribution in [0, 0.1) is 0 Å². The van der Waals surface area contributed by atoms with Gasteiger partial charge in [0.1, 0.15) is 24.6 Å². The van der Waals surface area contributed by atoms with Crippen molar-refractivity contribution >= 4 is 31.9 Å². The fourth-order valence-electron chi connectivity index (χ4n) is 2.91. The molecule has 0 aliphatic rings. The van der Waals surface area contributed by atoms with Gasteiger partial charge >= 0.3 is 27.5 Å². The third-order valence-electron chi connectivity index (χ3n) is 4.82. The number of aliphatic hydroxyl groups is 1. The zero-order valence-corrected chi connectivity index (χ0v) is 19.3. The van der Waals surface area contributed by atoms with Gasteiger partial charge in [-0.3, -0.25) is 4.18 Å². The van der Waals surface area contributed by atoms with Gasteiger partial charge in [-0.1, -0.05) is 48.5 Å². The van der Waals surface area contributed by atoms with Gasteiger partial charge in [-0.2, -0.15) is 39.2 Å². The van der Waals surface area contributed by atoms with Crippen molar-refractivity contribution in [3.63, 3.8) is 0 Å². The molecule has 0 aliphatic heterocycles. The molecule has 2 aromatic heterocycles. The minimum atomic E-state index is -6.09. The number of para-hydroxylation sites is 2. The standard InChI is InChI=1S/C12H8F5NO3S.C11H9F2NO/c13-11(14,7-21-22(19,20)12(15,16)17)10-6-5-8-3-1-2-4-9(8)18-10;12-11(13,7-15)10-6-5-8-3-1-2-4-9(8)14-10/h1-6H,7H2;1-6,15H,7H2. The maximum atomic E-state index is 13.8. The highest BCUT2D eigenvalue weighted by molar-refractivity contribution is 7.87. The number of fused-ring (bicyclic) bond motifs is 2. The summed E-state index contributed by atoms with van der Waals surface area (Å²) >= 11 is 0. The second-order valence-electron chi connectivity index (χ2n) is 7.51. The molecule has 0 radical (unpaired) electrons. The van der Waals surface area contributed by atoms with Crippen molar-refractivity contribution in [2.24, 2.45) is 0 Å². The molecule has 37 heavy (non-hydrogen) atoms. The molecule has 0 spiro atoms. The summed E-state index contributed by atoms with van der Waals surface area (Å²) in [4.78, 5) is 7.41. The van der Waals surface area contributed by atoms with Crippen LogP contribution in [0.2, 0.25) is 0 Å². The predicted octanol–water partition coefficient (Wildman–Crippen LogP) is 5.51. The van der Waals surface area contributed by atoms with E-state index in [4.69, 9.17) is 5.11 Å². The number of pyridine rings is 2. The number of aromatic nitrogens is 2. The number of hydrogen-bond donors (Lipinski definition) is 1. The van der Waals surface area contributed by atoms with Gasteiger partial charge in [0.25, 0.3) is 0 Å². The highest BCUT2D eigenvalue weighted by Crippen LogP contribution is 2.32. The number of halogens is 7. The van der Waals surface area contributed by atoms with Gasteiger partial charge in [0, 0.05) is 10.8 Å². The van der Waals surface area contributed by atoms with Gasteiger partial charge in [0.05, 0.1) is 11.0 Å². The van der Waals surface area contributed by atoms with Crippen molar-refractivity contribution in [3.05, 3.63) is 84.2 Å². The lowest BCUT2D eigenvalue weighted by Gasteiger charge is -2.16. The van der Waals surface area contributed by atoms with Crippen LogP contribution in [0.5, 0.6) is 0 Å². The molecule has 0 amide bonds. The average molecular weight is 550 g/mol. The number of benzene rings is 2. The van der Waals surface area contributed by atoms with E-state index in [-0.39, 0.29) is 5.52 Å². The Kier molecular flexibility index (Phi) is 8.05. The van der Waals surface area contributed by atoms with E-state index in [9.17, 15) is 39.2 Å². The molecule has 6 nitrogen and oxygen atoms in total. The molecule has 0 saturated carbocycles. The lowest BCUT2D eigenvalue weighted by Crippen LogP contribution is -2.31. The molecule has 4 rings (SSSR count). The summed E-state index contributed by atoms with van der Waals surface area (Å²) in [7, 11) is -6.09. The Bertz CT molecular complexity index is 1500. The molecule has 0 aliphatic carbocycles. The lowest BCUT2D eigenvalue weighted by molar-refractivity contribution is -0.0761. The van der Waals surface area contributed by atoms with Gasteiger partial charge in [0.15, 0.2) is 0 Å². The third-order valence-corrected chi connectivity index (χ3v) is 5.82. The van der Waals surface area contributed by atoms with E-state index in [0.29, 0.717) is 10.9 Å². The van der Waals surface area contributed by atoms with Gasteiger partial charge in [0.2, 0.25) is 0 Å². The second kappa shape index (κ2) is 10.6. The van der Waals surface area contributed by atoms with Crippen LogP contribution in [0.25, 0.3) is 21.8 Å². The maximum Gasteiger partial charge on any atom is 0.523 e. The summed E-state index contributed by atoms with van der Waals surface area (Å²) in [5, 5.41) is 9.88. The van der Waals surface area contributed by atoms with Gasteiger partial charge in [-0.05, 0) is 24.3 Å². The molecule has 0 atom stereocenters. The van der Waals surface area contributed by atoms with E-state index in [0.717, 1.165) is 11.5 Å². The molecule has 14 heteroatoms. The Balaban J connectivity index is 0.000000220. The number of nitrogens with zero attached hydrogens (tertiary/aromatic N) is 2. The Hall–Kier alpha value is -3.36. The van der Waals surface area contributed by atoms with Crippen molar-refractivity contribution in [2.45, 2.75) is 17.4 Å². The topological polar surface area (TPSA) is 89.4 Å². The summed E-state index contributed by atoms with van der Waals surface area (Å²) < 4.78 is 115. The van der Waals surface area contributed by atoms with E-state index >= 15 is 0 Å². The summed E-state index contributed by atoms with van der Waals surface area (Å²) in [6, 6.07) is 18.2. The number of hydrogen-bond acceptors (Lipinski definition) is 6. The Morgan fingerprint density at radius 3 is 1.54 bits per heavy atom. The molecule has 1 N–H and O–H groups in total. The van der Waals surface area contributed by atoms with Crippen LogP contribution in [0.4, 0.5) is 30.7 Å². The second-order valence-corrected chi connectivity index (χ2v) is 9.11. The highest BCUT2D eigenvalue weighted by atomic mass is 32.2. The minimum Gasteiger partial charge on any atom is -0.390 e. The van der Waals surface area contributed by atoms with E-state index in [1.807, 2.05) is 6.07 Å². The molecule has 0 saturated heterocycles. The SMILES string of the molecule is O=S(=O)(OCC(F)(F)c1ccc2ccccc2n1)C(F)(F)F.OCC(F)(F)c1ccc2ccccc2n1. The van der Waals surface area contributed by atoms with Gasteiger partial charge < -0.3 is 5.11 Å². The first-order chi connectivity index (χ1) is 17.2. The zero-order chi connectivity index (χ0) is 27.5. The monoisotopic (exact) mass is 550 g/mol.